The van der Waals surface area contributed by atoms with Gasteiger partial charge in [0.05, 0.1) is 0 Å². The lowest BCUT2D eigenvalue weighted by Gasteiger charge is -2.36. The van der Waals surface area contributed by atoms with Crippen LogP contribution in [-0.4, -0.2) is 18.5 Å². The molecule has 0 bridgehead atoms. The van der Waals surface area contributed by atoms with Crippen molar-refractivity contribution in [2.75, 3.05) is 0 Å². The van der Waals surface area contributed by atoms with E-state index in [0.717, 1.165) is 47.3 Å². The molecule has 0 fully saturated rings. The van der Waals surface area contributed by atoms with Crippen LogP contribution in [0.25, 0.3) is 5.57 Å². The quantitative estimate of drug-likeness (QED) is 0.571. The molecule has 3 rings (SSSR count). The molecule has 0 radical (unpaired) electrons. The zero-order valence-corrected chi connectivity index (χ0v) is 18.6. The molecule has 0 spiro atoms. The predicted octanol–water partition coefficient (Wildman–Crippen LogP) is 6.45. The molecule has 0 saturated carbocycles. The van der Waals surface area contributed by atoms with Crippen LogP contribution in [0.2, 0.25) is 18.1 Å². The largest absolute Gasteiger partial charge is 0.544 e. The van der Waals surface area contributed by atoms with Gasteiger partial charge in [-0.05, 0) is 72.3 Å². The van der Waals surface area contributed by atoms with E-state index in [1.807, 2.05) is 42.5 Å². The Morgan fingerprint density at radius 1 is 0.964 bits per heavy atom. The van der Waals surface area contributed by atoms with Crippen molar-refractivity contribution in [2.45, 2.75) is 64.3 Å². The minimum atomic E-state index is -1.88. The van der Waals surface area contributed by atoms with Gasteiger partial charge in [0.1, 0.15) is 17.6 Å². The summed E-state index contributed by atoms with van der Waals surface area (Å²) in [4.78, 5) is 0. The van der Waals surface area contributed by atoms with Crippen molar-refractivity contribution in [3.63, 3.8) is 0 Å². The number of benzene rings is 2. The number of aromatic hydroxyl groups is 1. The number of hydrogen-bond acceptors (Lipinski definition) is 3. The summed E-state index contributed by atoms with van der Waals surface area (Å²) in [5, 5.41) is 21.4. The number of hydrogen-bond donors (Lipinski definition) is 2. The highest BCUT2D eigenvalue weighted by Gasteiger charge is 2.39. The first-order chi connectivity index (χ1) is 13.1. The summed E-state index contributed by atoms with van der Waals surface area (Å²) in [6, 6.07) is 15.2. The highest BCUT2D eigenvalue weighted by molar-refractivity contribution is 6.74. The Bertz CT molecular complexity index is 860. The zero-order chi connectivity index (χ0) is 20.5. The van der Waals surface area contributed by atoms with Crippen LogP contribution in [0.3, 0.4) is 0 Å². The number of aliphatic hydroxyl groups is 1. The van der Waals surface area contributed by atoms with E-state index in [2.05, 4.69) is 33.9 Å². The predicted molar refractivity (Wildman–Crippen MR) is 118 cm³/mol. The lowest BCUT2D eigenvalue weighted by atomic mass is 9.94. The number of phenols is 1. The monoisotopic (exact) mass is 396 g/mol. The maximum Gasteiger partial charge on any atom is 0.250 e. The average molecular weight is 397 g/mol. The molecule has 1 atom stereocenters. The second-order valence-corrected chi connectivity index (χ2v) is 13.9. The van der Waals surface area contributed by atoms with Crippen LogP contribution in [0.5, 0.6) is 11.5 Å². The summed E-state index contributed by atoms with van der Waals surface area (Å²) in [5.74, 6) is 1.14. The number of allylic oxidation sites excluding steroid dienone is 1. The van der Waals surface area contributed by atoms with E-state index in [4.69, 9.17) is 4.43 Å². The highest BCUT2D eigenvalue weighted by Crippen LogP contribution is 2.43. The number of rotatable bonds is 5. The molecule has 1 unspecified atom stereocenters. The molecule has 0 amide bonds. The van der Waals surface area contributed by atoms with Gasteiger partial charge < -0.3 is 14.6 Å². The molecule has 0 saturated heterocycles. The third-order valence-electron chi connectivity index (χ3n) is 6.19. The summed E-state index contributed by atoms with van der Waals surface area (Å²) >= 11 is 0. The highest BCUT2D eigenvalue weighted by atomic mass is 28.4. The average Bonchev–Trinajstić information content (AvgIpc) is 3.10. The molecule has 1 aliphatic rings. The first-order valence-corrected chi connectivity index (χ1v) is 13.0. The number of phenolic OH excluding ortho intramolecular Hbond substituents is 1. The van der Waals surface area contributed by atoms with Crippen LogP contribution in [0.4, 0.5) is 0 Å². The minimum absolute atomic E-state index is 0.145. The summed E-state index contributed by atoms with van der Waals surface area (Å²) in [6.07, 6.45) is 2.09. The summed E-state index contributed by atoms with van der Waals surface area (Å²) in [6.45, 7) is 11.1. The Hall–Kier alpha value is -2.04. The van der Waals surface area contributed by atoms with E-state index < -0.39 is 14.4 Å². The van der Waals surface area contributed by atoms with E-state index in [0.29, 0.717) is 0 Å². The molecule has 1 aliphatic carbocycles. The first kappa shape index (κ1) is 20.7. The second-order valence-electron chi connectivity index (χ2n) is 9.21. The van der Waals surface area contributed by atoms with Gasteiger partial charge in [0.25, 0.3) is 0 Å². The fourth-order valence-corrected chi connectivity index (χ4v) is 4.50. The molecule has 3 nitrogen and oxygen atoms in total. The number of para-hydroxylation sites is 1. The van der Waals surface area contributed by atoms with E-state index in [1.54, 1.807) is 6.07 Å². The summed E-state index contributed by atoms with van der Waals surface area (Å²) in [5.41, 5.74) is 3.80. The van der Waals surface area contributed by atoms with Gasteiger partial charge >= 0.3 is 0 Å². The Kier molecular flexibility index (Phi) is 5.73. The third kappa shape index (κ3) is 4.18. The van der Waals surface area contributed by atoms with Gasteiger partial charge in [0.15, 0.2) is 0 Å². The molecule has 0 aromatic heterocycles. The van der Waals surface area contributed by atoms with Crippen LogP contribution in [-0.2, 0) is 0 Å². The van der Waals surface area contributed by atoms with Gasteiger partial charge in [0.2, 0.25) is 8.32 Å². The lowest BCUT2D eigenvalue weighted by Crippen LogP contribution is -2.43. The van der Waals surface area contributed by atoms with Crippen molar-refractivity contribution in [3.8, 4) is 11.5 Å². The Morgan fingerprint density at radius 3 is 2.21 bits per heavy atom. The van der Waals surface area contributed by atoms with E-state index in [-0.39, 0.29) is 10.8 Å². The number of aliphatic hydroxyl groups excluding tert-OH is 1. The minimum Gasteiger partial charge on any atom is -0.544 e. The fraction of sp³-hybridized carbons (Fsp3) is 0.417. The maximum absolute atomic E-state index is 11.0. The maximum atomic E-state index is 11.0. The van der Waals surface area contributed by atoms with Gasteiger partial charge in [-0.15, -0.1) is 0 Å². The normalized spacial score (nSPS) is 16.4. The van der Waals surface area contributed by atoms with Gasteiger partial charge in [-0.1, -0.05) is 51.1 Å². The molecule has 4 heteroatoms. The molecule has 2 aromatic carbocycles. The van der Waals surface area contributed by atoms with Gasteiger partial charge in [0, 0.05) is 5.56 Å². The molecular weight excluding hydrogens is 364 g/mol. The van der Waals surface area contributed by atoms with Crippen LogP contribution in [0.1, 0.15) is 57.3 Å². The van der Waals surface area contributed by atoms with Crippen LogP contribution >= 0.6 is 0 Å². The fourth-order valence-electron chi connectivity index (χ4n) is 3.47. The van der Waals surface area contributed by atoms with Crippen LogP contribution in [0, 0.1) is 0 Å². The van der Waals surface area contributed by atoms with E-state index in [9.17, 15) is 10.2 Å². The van der Waals surface area contributed by atoms with Gasteiger partial charge in [-0.25, -0.2) is 0 Å². The lowest BCUT2D eigenvalue weighted by molar-refractivity contribution is 0.213. The Labute approximate surface area is 169 Å². The Balaban J connectivity index is 1.84. The second kappa shape index (κ2) is 7.76. The summed E-state index contributed by atoms with van der Waals surface area (Å²) in [7, 11) is -1.88. The molecular formula is C24H32O3Si. The van der Waals surface area contributed by atoms with Crippen molar-refractivity contribution < 1.29 is 14.6 Å². The molecule has 0 aliphatic heterocycles. The van der Waals surface area contributed by atoms with Crippen molar-refractivity contribution in [1.82, 2.24) is 0 Å². The van der Waals surface area contributed by atoms with Crippen molar-refractivity contribution in [2.24, 2.45) is 0 Å². The topological polar surface area (TPSA) is 49.7 Å². The molecule has 0 heterocycles. The molecule has 150 valence electrons. The van der Waals surface area contributed by atoms with E-state index in [1.165, 1.54) is 0 Å². The van der Waals surface area contributed by atoms with Crippen molar-refractivity contribution >= 4 is 13.9 Å². The van der Waals surface area contributed by atoms with Gasteiger partial charge in [-0.3, -0.25) is 0 Å². The smallest absolute Gasteiger partial charge is 0.250 e. The van der Waals surface area contributed by atoms with Crippen molar-refractivity contribution in [1.29, 1.82) is 0 Å². The Morgan fingerprint density at radius 2 is 1.61 bits per heavy atom. The van der Waals surface area contributed by atoms with E-state index >= 15 is 0 Å². The van der Waals surface area contributed by atoms with Crippen LogP contribution < -0.4 is 4.43 Å². The molecule has 28 heavy (non-hydrogen) atoms. The SMILES string of the molecule is CC(C)(C)[Si](C)(C)Oc1ccc(C(O)C2=C(c3ccccc3O)CCC2)cc1. The van der Waals surface area contributed by atoms with Crippen molar-refractivity contribution in [3.05, 3.63) is 65.2 Å². The summed E-state index contributed by atoms with van der Waals surface area (Å²) < 4.78 is 6.34. The first-order valence-electron chi connectivity index (χ1n) is 10.1. The standard InChI is InChI=1S/C24H32O3Si/c1-24(2,3)28(4,5)27-18-15-13-17(14-16-18)23(26)21-11-8-10-19(21)20-9-6-7-12-22(20)25/h6-7,9,12-16,23,25-26H,8,10-11H2,1-5H3. The van der Waals surface area contributed by atoms with Crippen LogP contribution in [0.15, 0.2) is 54.1 Å². The molecule has 2 N–H and O–H groups in total. The zero-order valence-electron chi connectivity index (χ0n) is 17.6. The van der Waals surface area contributed by atoms with Gasteiger partial charge in [-0.2, -0.15) is 0 Å². The molecule has 2 aromatic rings. The third-order valence-corrected chi connectivity index (χ3v) is 10.6.